The van der Waals surface area contributed by atoms with E-state index < -0.39 is 15.9 Å². The van der Waals surface area contributed by atoms with Gasteiger partial charge in [0, 0.05) is 25.9 Å². The average Bonchev–Trinajstić information content (AvgIpc) is 2.45. The monoisotopic (exact) mass is 314 g/mol. The first kappa shape index (κ1) is 15.6. The zero-order valence-electron chi connectivity index (χ0n) is 11.7. The summed E-state index contributed by atoms with van der Waals surface area (Å²) in [6, 6.07) is 5.82. The van der Waals surface area contributed by atoms with E-state index in [-0.39, 0.29) is 17.5 Å². The Morgan fingerprint density at radius 1 is 1.43 bits per heavy atom. The van der Waals surface area contributed by atoms with Gasteiger partial charge in [-0.25, -0.2) is 13.2 Å². The summed E-state index contributed by atoms with van der Waals surface area (Å²) in [4.78, 5) is 12.7. The molecular formula is C13H18N2O5S. The van der Waals surface area contributed by atoms with E-state index in [9.17, 15) is 13.2 Å². The Kier molecular flexibility index (Phi) is 4.69. The number of benzene rings is 1. The van der Waals surface area contributed by atoms with Crippen LogP contribution in [0.25, 0.3) is 0 Å². The van der Waals surface area contributed by atoms with Crippen LogP contribution in [0.5, 0.6) is 5.75 Å². The SMILES string of the molecule is CS(=O)(=O)c1ccc(OCC2CNCCN2C(=O)O)cc1. The van der Waals surface area contributed by atoms with Crippen molar-refractivity contribution in [1.29, 1.82) is 0 Å². The summed E-state index contributed by atoms with van der Waals surface area (Å²) in [5.74, 6) is 0.512. The number of carboxylic acid groups (broad SMARTS) is 1. The number of amides is 1. The molecule has 0 spiro atoms. The molecule has 0 saturated carbocycles. The molecule has 8 heteroatoms. The van der Waals surface area contributed by atoms with Crippen LogP contribution in [-0.2, 0) is 9.84 Å². The van der Waals surface area contributed by atoms with Crippen LogP contribution in [0, 0.1) is 0 Å². The predicted molar refractivity (Wildman–Crippen MR) is 76.4 cm³/mol. The smallest absolute Gasteiger partial charge is 0.407 e. The molecule has 0 aromatic heterocycles. The van der Waals surface area contributed by atoms with Gasteiger partial charge in [-0.3, -0.25) is 4.90 Å². The zero-order valence-corrected chi connectivity index (χ0v) is 12.5. The van der Waals surface area contributed by atoms with E-state index in [1.165, 1.54) is 17.0 Å². The van der Waals surface area contributed by atoms with Gasteiger partial charge in [0.25, 0.3) is 0 Å². The number of sulfone groups is 1. The Hall–Kier alpha value is -1.80. The highest BCUT2D eigenvalue weighted by molar-refractivity contribution is 7.90. The van der Waals surface area contributed by atoms with Gasteiger partial charge in [0.2, 0.25) is 0 Å². The van der Waals surface area contributed by atoms with Crippen molar-refractivity contribution in [2.75, 3.05) is 32.5 Å². The van der Waals surface area contributed by atoms with Crippen LogP contribution in [0.3, 0.4) is 0 Å². The summed E-state index contributed by atoms with van der Waals surface area (Å²) < 4.78 is 28.2. The number of rotatable bonds is 4. The molecule has 1 atom stereocenters. The molecule has 1 amide bonds. The van der Waals surface area contributed by atoms with Crippen molar-refractivity contribution in [3.05, 3.63) is 24.3 Å². The first-order valence-corrected chi connectivity index (χ1v) is 8.40. The summed E-state index contributed by atoms with van der Waals surface area (Å²) in [5, 5.41) is 12.2. The van der Waals surface area contributed by atoms with Crippen LogP contribution in [0.15, 0.2) is 29.2 Å². The van der Waals surface area contributed by atoms with Crippen LogP contribution in [0.4, 0.5) is 4.79 Å². The largest absolute Gasteiger partial charge is 0.491 e. The summed E-state index contributed by atoms with van der Waals surface area (Å²) >= 11 is 0. The van der Waals surface area contributed by atoms with Crippen LogP contribution < -0.4 is 10.1 Å². The number of piperazine rings is 1. The van der Waals surface area contributed by atoms with Crippen molar-refractivity contribution in [2.24, 2.45) is 0 Å². The third kappa shape index (κ3) is 4.08. The Balaban J connectivity index is 1.97. The van der Waals surface area contributed by atoms with Crippen molar-refractivity contribution >= 4 is 15.9 Å². The Labute approximate surface area is 123 Å². The molecule has 7 nitrogen and oxygen atoms in total. The van der Waals surface area contributed by atoms with Crippen LogP contribution in [0.2, 0.25) is 0 Å². The Morgan fingerprint density at radius 2 is 2.10 bits per heavy atom. The number of ether oxygens (including phenoxy) is 1. The highest BCUT2D eigenvalue weighted by Gasteiger charge is 2.26. The molecule has 1 aliphatic heterocycles. The molecular weight excluding hydrogens is 296 g/mol. The lowest BCUT2D eigenvalue weighted by Gasteiger charge is -2.33. The summed E-state index contributed by atoms with van der Waals surface area (Å²) in [6.45, 7) is 1.81. The minimum absolute atomic E-state index is 0.220. The van der Waals surface area contributed by atoms with Gasteiger partial charge in [-0.15, -0.1) is 0 Å². The lowest BCUT2D eigenvalue weighted by molar-refractivity contribution is 0.0903. The average molecular weight is 314 g/mol. The highest BCUT2D eigenvalue weighted by atomic mass is 32.2. The van der Waals surface area contributed by atoms with Crippen molar-refractivity contribution in [3.8, 4) is 5.75 Å². The third-order valence-electron chi connectivity index (χ3n) is 3.29. The van der Waals surface area contributed by atoms with E-state index in [2.05, 4.69) is 5.32 Å². The van der Waals surface area contributed by atoms with Crippen LogP contribution in [-0.4, -0.2) is 63.1 Å². The molecule has 1 unspecified atom stereocenters. The zero-order chi connectivity index (χ0) is 15.5. The first-order chi connectivity index (χ1) is 9.88. The molecule has 1 fully saturated rings. The van der Waals surface area contributed by atoms with E-state index in [0.717, 1.165) is 6.26 Å². The van der Waals surface area contributed by atoms with Crippen molar-refractivity contribution in [2.45, 2.75) is 10.9 Å². The molecule has 1 aromatic carbocycles. The molecule has 116 valence electrons. The summed E-state index contributed by atoms with van der Waals surface area (Å²) in [6.07, 6.45) is 0.180. The van der Waals surface area contributed by atoms with Crippen molar-refractivity contribution < 1.29 is 23.1 Å². The molecule has 0 aliphatic carbocycles. The van der Waals surface area contributed by atoms with Gasteiger partial charge >= 0.3 is 6.09 Å². The fourth-order valence-electron chi connectivity index (χ4n) is 2.14. The highest BCUT2D eigenvalue weighted by Crippen LogP contribution is 2.16. The predicted octanol–water partition coefficient (Wildman–Crippen LogP) is 0.421. The molecule has 1 aromatic rings. The molecule has 2 N–H and O–H groups in total. The molecule has 1 aliphatic rings. The topological polar surface area (TPSA) is 95.9 Å². The van der Waals surface area contributed by atoms with Gasteiger partial charge in [0.15, 0.2) is 9.84 Å². The number of hydrogen-bond acceptors (Lipinski definition) is 5. The van der Waals surface area contributed by atoms with Gasteiger partial charge in [-0.1, -0.05) is 0 Å². The van der Waals surface area contributed by atoms with Crippen molar-refractivity contribution in [3.63, 3.8) is 0 Å². The minimum Gasteiger partial charge on any atom is -0.491 e. The first-order valence-electron chi connectivity index (χ1n) is 6.51. The third-order valence-corrected chi connectivity index (χ3v) is 4.42. The normalized spacial score (nSPS) is 19.3. The van der Waals surface area contributed by atoms with E-state index in [4.69, 9.17) is 9.84 Å². The van der Waals surface area contributed by atoms with Crippen LogP contribution >= 0.6 is 0 Å². The maximum Gasteiger partial charge on any atom is 0.407 e. The fraction of sp³-hybridized carbons (Fsp3) is 0.462. The van der Waals surface area contributed by atoms with Gasteiger partial charge in [0.05, 0.1) is 10.9 Å². The lowest BCUT2D eigenvalue weighted by Crippen LogP contribution is -2.55. The second-order valence-corrected chi connectivity index (χ2v) is 6.90. The maximum atomic E-state index is 11.3. The standard InChI is InChI=1S/C13H18N2O5S/c1-21(18,19)12-4-2-11(3-5-12)20-9-10-8-14-6-7-15(10)13(16)17/h2-5,10,14H,6-9H2,1H3,(H,16,17). The van der Waals surface area contributed by atoms with E-state index in [1.807, 2.05) is 0 Å². The van der Waals surface area contributed by atoms with E-state index in [1.54, 1.807) is 12.1 Å². The van der Waals surface area contributed by atoms with E-state index in [0.29, 0.717) is 25.4 Å². The second-order valence-electron chi connectivity index (χ2n) is 4.89. The minimum atomic E-state index is -3.23. The molecule has 2 rings (SSSR count). The molecule has 0 radical (unpaired) electrons. The van der Waals surface area contributed by atoms with Gasteiger partial charge in [0.1, 0.15) is 12.4 Å². The quantitative estimate of drug-likeness (QED) is 0.836. The van der Waals surface area contributed by atoms with Crippen LogP contribution in [0.1, 0.15) is 0 Å². The molecule has 21 heavy (non-hydrogen) atoms. The summed E-state index contributed by atoms with van der Waals surface area (Å²) in [5.41, 5.74) is 0. The lowest BCUT2D eigenvalue weighted by atomic mass is 10.2. The Bertz CT molecular complexity index is 599. The molecule has 0 bridgehead atoms. The number of nitrogens with one attached hydrogen (secondary N) is 1. The number of carbonyl (C=O) groups is 1. The fourth-order valence-corrected chi connectivity index (χ4v) is 2.77. The number of nitrogens with zero attached hydrogens (tertiary/aromatic N) is 1. The van der Waals surface area contributed by atoms with E-state index >= 15 is 0 Å². The molecule has 1 saturated heterocycles. The maximum absolute atomic E-state index is 11.3. The van der Waals surface area contributed by atoms with Gasteiger partial charge < -0.3 is 15.2 Å². The Morgan fingerprint density at radius 3 is 2.67 bits per heavy atom. The summed E-state index contributed by atoms with van der Waals surface area (Å²) in [7, 11) is -3.23. The van der Waals surface area contributed by atoms with Crippen molar-refractivity contribution in [1.82, 2.24) is 10.2 Å². The second kappa shape index (κ2) is 6.31. The molecule has 1 heterocycles. The van der Waals surface area contributed by atoms with Gasteiger partial charge in [-0.05, 0) is 24.3 Å². The number of hydrogen-bond donors (Lipinski definition) is 2. The van der Waals surface area contributed by atoms with Gasteiger partial charge in [-0.2, -0.15) is 0 Å².